The molecule has 0 radical (unpaired) electrons. The minimum atomic E-state index is -3.53. The second-order valence-corrected chi connectivity index (χ2v) is 10.1. The first-order valence-corrected chi connectivity index (χ1v) is 12.1. The highest BCUT2D eigenvalue weighted by atomic mass is 79.9. The molecule has 3 aromatic rings. The van der Waals surface area contributed by atoms with Crippen molar-refractivity contribution in [3.63, 3.8) is 0 Å². The highest BCUT2D eigenvalue weighted by molar-refractivity contribution is 9.10. The van der Waals surface area contributed by atoms with Gasteiger partial charge in [-0.2, -0.15) is 9.29 Å². The molecule has 0 saturated carbocycles. The van der Waals surface area contributed by atoms with E-state index >= 15 is 0 Å². The van der Waals surface area contributed by atoms with E-state index in [1.165, 1.54) is 4.31 Å². The lowest BCUT2D eigenvalue weighted by molar-refractivity contribution is -0.126. The zero-order valence-electron chi connectivity index (χ0n) is 16.6. The number of amides is 1. The molecule has 0 aliphatic carbocycles. The van der Waals surface area contributed by atoms with Gasteiger partial charge in [0.15, 0.2) is 0 Å². The van der Waals surface area contributed by atoms with Gasteiger partial charge >= 0.3 is 0 Å². The summed E-state index contributed by atoms with van der Waals surface area (Å²) in [6.45, 7) is 0.744. The highest BCUT2D eigenvalue weighted by Crippen LogP contribution is 2.24. The third-order valence-electron chi connectivity index (χ3n) is 5.17. The molecule has 1 amide bonds. The fraction of sp³-hybridized carbons (Fsp3) is 0.286. The van der Waals surface area contributed by atoms with Gasteiger partial charge in [0.2, 0.25) is 27.6 Å². The number of aromatic nitrogens is 2. The maximum atomic E-state index is 12.7. The predicted octanol–water partition coefficient (Wildman–Crippen LogP) is 3.22. The van der Waals surface area contributed by atoms with Crippen molar-refractivity contribution in [3.8, 4) is 11.4 Å². The normalized spacial score (nSPS) is 15.6. The van der Waals surface area contributed by atoms with E-state index in [0.29, 0.717) is 37.6 Å². The largest absolute Gasteiger partial charge is 0.347 e. The molecule has 2 heterocycles. The first kappa shape index (κ1) is 21.7. The summed E-state index contributed by atoms with van der Waals surface area (Å²) in [6, 6.07) is 15.9. The zero-order chi connectivity index (χ0) is 21.8. The second-order valence-electron chi connectivity index (χ2n) is 7.23. The van der Waals surface area contributed by atoms with E-state index in [4.69, 9.17) is 4.52 Å². The molecule has 4 rings (SSSR count). The van der Waals surface area contributed by atoms with Crippen LogP contribution in [0.4, 0.5) is 0 Å². The molecular weight excluding hydrogens is 484 g/mol. The van der Waals surface area contributed by atoms with Crippen LogP contribution in [0, 0.1) is 5.92 Å². The van der Waals surface area contributed by atoms with Crippen molar-refractivity contribution in [1.82, 2.24) is 19.8 Å². The van der Waals surface area contributed by atoms with E-state index in [0.717, 1.165) is 10.0 Å². The standard InChI is InChI=1S/C21H21BrN4O4S/c22-17-6-4-5-16(13-17)20-24-19(30-25-20)14-23-21(27)15-9-11-26(12-10-15)31(28,29)18-7-2-1-3-8-18/h1-8,13,15H,9-12,14H2,(H,23,27). The minimum absolute atomic E-state index is 0.127. The number of carbonyl (C=O) groups excluding carboxylic acids is 1. The Labute approximate surface area is 188 Å². The summed E-state index contributed by atoms with van der Waals surface area (Å²) in [6.07, 6.45) is 0.927. The molecular formula is C21H21BrN4O4S. The summed E-state index contributed by atoms with van der Waals surface area (Å²) in [7, 11) is -3.53. The van der Waals surface area contributed by atoms with Crippen LogP contribution >= 0.6 is 15.9 Å². The van der Waals surface area contributed by atoms with Gasteiger partial charge in [-0.1, -0.05) is 51.4 Å². The number of halogens is 1. The van der Waals surface area contributed by atoms with Gasteiger partial charge in [-0.05, 0) is 37.1 Å². The van der Waals surface area contributed by atoms with Gasteiger partial charge in [-0.3, -0.25) is 4.79 Å². The molecule has 31 heavy (non-hydrogen) atoms. The summed E-state index contributed by atoms with van der Waals surface area (Å²) in [5, 5.41) is 6.77. The first-order chi connectivity index (χ1) is 14.9. The number of piperidine rings is 1. The Balaban J connectivity index is 1.30. The van der Waals surface area contributed by atoms with Crippen molar-refractivity contribution in [2.75, 3.05) is 13.1 Å². The molecule has 0 spiro atoms. The van der Waals surface area contributed by atoms with Gasteiger partial charge in [-0.15, -0.1) is 0 Å². The van der Waals surface area contributed by atoms with E-state index in [2.05, 4.69) is 31.4 Å². The monoisotopic (exact) mass is 504 g/mol. The minimum Gasteiger partial charge on any atom is -0.347 e. The van der Waals surface area contributed by atoms with Crippen LogP contribution in [0.25, 0.3) is 11.4 Å². The number of sulfonamides is 1. The first-order valence-electron chi connectivity index (χ1n) is 9.85. The second kappa shape index (κ2) is 9.29. The number of benzene rings is 2. The third kappa shape index (κ3) is 5.03. The van der Waals surface area contributed by atoms with Gasteiger partial charge in [0.1, 0.15) is 0 Å². The van der Waals surface area contributed by atoms with Crippen molar-refractivity contribution in [3.05, 3.63) is 65.0 Å². The fourth-order valence-electron chi connectivity index (χ4n) is 3.48. The molecule has 1 aliphatic heterocycles. The molecule has 162 valence electrons. The average molecular weight is 505 g/mol. The van der Waals surface area contributed by atoms with Gasteiger partial charge < -0.3 is 9.84 Å². The van der Waals surface area contributed by atoms with Crippen molar-refractivity contribution in [1.29, 1.82) is 0 Å². The Morgan fingerprint density at radius 3 is 2.58 bits per heavy atom. The van der Waals surface area contributed by atoms with Crippen LogP contribution in [-0.2, 0) is 21.4 Å². The quantitative estimate of drug-likeness (QED) is 0.552. The van der Waals surface area contributed by atoms with Crippen molar-refractivity contribution >= 4 is 31.9 Å². The number of carbonyl (C=O) groups is 1. The molecule has 0 atom stereocenters. The lowest BCUT2D eigenvalue weighted by Gasteiger charge is -2.30. The Morgan fingerprint density at radius 2 is 1.87 bits per heavy atom. The molecule has 2 aromatic carbocycles. The van der Waals surface area contributed by atoms with Crippen molar-refractivity contribution in [2.24, 2.45) is 5.92 Å². The summed E-state index contributed by atoms with van der Waals surface area (Å²) >= 11 is 3.41. The fourth-order valence-corrected chi connectivity index (χ4v) is 5.37. The summed E-state index contributed by atoms with van der Waals surface area (Å²) in [4.78, 5) is 17.1. The Bertz CT molecular complexity index is 1160. The average Bonchev–Trinajstić information content (AvgIpc) is 3.27. The molecule has 8 nitrogen and oxygen atoms in total. The summed E-state index contributed by atoms with van der Waals surface area (Å²) in [5.41, 5.74) is 0.808. The van der Waals surface area contributed by atoms with Gasteiger partial charge in [-0.25, -0.2) is 8.42 Å². The molecule has 1 aromatic heterocycles. The van der Waals surface area contributed by atoms with Crippen LogP contribution in [0.2, 0.25) is 0 Å². The van der Waals surface area contributed by atoms with E-state index in [-0.39, 0.29) is 23.3 Å². The Kier molecular flexibility index (Phi) is 6.49. The number of nitrogens with zero attached hydrogens (tertiary/aromatic N) is 3. The summed E-state index contributed by atoms with van der Waals surface area (Å²) in [5.74, 6) is 0.367. The maximum absolute atomic E-state index is 12.7. The van der Waals surface area contributed by atoms with Crippen LogP contribution in [0.15, 0.2) is 68.5 Å². The van der Waals surface area contributed by atoms with Crippen LogP contribution in [-0.4, -0.2) is 41.9 Å². The van der Waals surface area contributed by atoms with Crippen molar-refractivity contribution in [2.45, 2.75) is 24.3 Å². The number of rotatable bonds is 6. The molecule has 1 fully saturated rings. The number of hydrogen-bond acceptors (Lipinski definition) is 6. The van der Waals surface area contributed by atoms with Crippen LogP contribution in [0.3, 0.4) is 0 Å². The summed E-state index contributed by atoms with van der Waals surface area (Å²) < 4.78 is 33.0. The van der Waals surface area contributed by atoms with Crippen LogP contribution in [0.5, 0.6) is 0 Å². The van der Waals surface area contributed by atoms with Crippen LogP contribution in [0.1, 0.15) is 18.7 Å². The smallest absolute Gasteiger partial charge is 0.246 e. The zero-order valence-corrected chi connectivity index (χ0v) is 19.0. The molecule has 0 bridgehead atoms. The molecule has 0 unspecified atom stereocenters. The molecule has 1 aliphatic rings. The highest BCUT2D eigenvalue weighted by Gasteiger charge is 2.32. The maximum Gasteiger partial charge on any atom is 0.246 e. The SMILES string of the molecule is O=C(NCc1nc(-c2cccc(Br)c2)no1)C1CCN(S(=O)(=O)c2ccccc2)CC1. The topological polar surface area (TPSA) is 105 Å². The number of nitrogens with one attached hydrogen (secondary N) is 1. The van der Waals surface area contributed by atoms with Crippen LogP contribution < -0.4 is 5.32 Å². The molecule has 1 saturated heterocycles. The van der Waals surface area contributed by atoms with E-state index < -0.39 is 10.0 Å². The Morgan fingerprint density at radius 1 is 1.13 bits per heavy atom. The predicted molar refractivity (Wildman–Crippen MR) is 117 cm³/mol. The molecule has 10 heteroatoms. The third-order valence-corrected chi connectivity index (χ3v) is 7.58. The Hall–Kier alpha value is -2.56. The van der Waals surface area contributed by atoms with Gasteiger partial charge in [0.05, 0.1) is 11.4 Å². The van der Waals surface area contributed by atoms with Gasteiger partial charge in [0.25, 0.3) is 0 Å². The lowest BCUT2D eigenvalue weighted by Crippen LogP contribution is -2.42. The molecule has 1 N–H and O–H groups in total. The van der Waals surface area contributed by atoms with E-state index in [9.17, 15) is 13.2 Å². The number of hydrogen-bond donors (Lipinski definition) is 1. The van der Waals surface area contributed by atoms with E-state index in [1.807, 2.05) is 24.3 Å². The van der Waals surface area contributed by atoms with Crippen molar-refractivity contribution < 1.29 is 17.7 Å². The van der Waals surface area contributed by atoms with Gasteiger partial charge in [0, 0.05) is 29.0 Å². The van der Waals surface area contributed by atoms with E-state index in [1.54, 1.807) is 30.3 Å². The lowest BCUT2D eigenvalue weighted by atomic mass is 9.97.